The first-order valence-corrected chi connectivity index (χ1v) is 5.71. The summed E-state index contributed by atoms with van der Waals surface area (Å²) in [5.41, 5.74) is 6.01. The fourth-order valence-electron chi connectivity index (χ4n) is 2.45. The molecule has 2 bridgehead atoms. The summed E-state index contributed by atoms with van der Waals surface area (Å²) >= 11 is 1.42. The third kappa shape index (κ3) is 1.06. The minimum absolute atomic E-state index is 0.167. The van der Waals surface area contributed by atoms with Crippen molar-refractivity contribution in [1.82, 2.24) is 9.36 Å². The first kappa shape index (κ1) is 8.76. The van der Waals surface area contributed by atoms with E-state index in [1.54, 1.807) is 0 Å². The van der Waals surface area contributed by atoms with E-state index in [0.717, 1.165) is 30.1 Å². The lowest BCUT2D eigenvalue weighted by molar-refractivity contribution is 0.0852. The van der Waals surface area contributed by atoms with Gasteiger partial charge in [0.25, 0.3) is 0 Å². The lowest BCUT2D eigenvalue weighted by atomic mass is 9.83. The highest BCUT2D eigenvalue weighted by Gasteiger charge is 2.52. The molecule has 14 heavy (non-hydrogen) atoms. The number of rotatable bonds is 1. The molecule has 3 atom stereocenters. The van der Waals surface area contributed by atoms with Crippen LogP contribution in [0.2, 0.25) is 0 Å². The van der Waals surface area contributed by atoms with Gasteiger partial charge in [-0.25, -0.2) is 4.98 Å². The minimum atomic E-state index is -0.352. The van der Waals surface area contributed by atoms with Crippen LogP contribution < -0.4 is 5.73 Å². The van der Waals surface area contributed by atoms with E-state index in [9.17, 15) is 0 Å². The van der Waals surface area contributed by atoms with Crippen LogP contribution in [0.25, 0.3) is 0 Å². The molecule has 2 N–H and O–H groups in total. The van der Waals surface area contributed by atoms with E-state index in [2.05, 4.69) is 9.36 Å². The van der Waals surface area contributed by atoms with Crippen molar-refractivity contribution in [3.8, 4) is 0 Å². The zero-order chi connectivity index (χ0) is 9.76. The molecule has 0 saturated carbocycles. The standard InChI is InChI=1S/C9H13N3OS/c1-5-11-8(14-12-5)9(10)4-6-2-3-7(9)13-6/h6-7H,2-4,10H2,1H3. The lowest BCUT2D eigenvalue weighted by Gasteiger charge is -2.28. The van der Waals surface area contributed by atoms with Crippen LogP contribution in [0.4, 0.5) is 0 Å². The largest absolute Gasteiger partial charge is 0.373 e. The van der Waals surface area contributed by atoms with Crippen LogP contribution >= 0.6 is 11.5 Å². The molecule has 76 valence electrons. The molecular formula is C9H13N3OS. The van der Waals surface area contributed by atoms with E-state index in [1.165, 1.54) is 11.5 Å². The molecule has 0 spiro atoms. The molecule has 2 aliphatic heterocycles. The van der Waals surface area contributed by atoms with Crippen molar-refractivity contribution in [2.45, 2.75) is 43.9 Å². The second-order valence-electron chi connectivity index (χ2n) is 4.22. The van der Waals surface area contributed by atoms with Gasteiger partial charge in [-0.3, -0.25) is 0 Å². The SMILES string of the molecule is Cc1nsc(C2(N)CC3CCC2O3)n1. The van der Waals surface area contributed by atoms with Crippen molar-refractivity contribution < 1.29 is 4.74 Å². The second kappa shape index (κ2) is 2.74. The summed E-state index contributed by atoms with van der Waals surface area (Å²) in [4.78, 5) is 4.39. The Balaban J connectivity index is 1.97. The van der Waals surface area contributed by atoms with E-state index in [1.807, 2.05) is 6.92 Å². The smallest absolute Gasteiger partial charge is 0.139 e. The molecule has 2 saturated heterocycles. The average molecular weight is 211 g/mol. The van der Waals surface area contributed by atoms with Crippen LogP contribution in [0.15, 0.2) is 0 Å². The summed E-state index contributed by atoms with van der Waals surface area (Å²) in [6, 6.07) is 0. The van der Waals surface area contributed by atoms with Crippen molar-refractivity contribution in [2.75, 3.05) is 0 Å². The molecule has 3 heterocycles. The van der Waals surface area contributed by atoms with E-state index < -0.39 is 0 Å². The van der Waals surface area contributed by atoms with Crippen molar-refractivity contribution in [3.05, 3.63) is 10.8 Å². The Morgan fingerprint density at radius 3 is 2.93 bits per heavy atom. The predicted octanol–water partition coefficient (Wildman–Crippen LogP) is 0.952. The van der Waals surface area contributed by atoms with Crippen molar-refractivity contribution in [1.29, 1.82) is 0 Å². The zero-order valence-electron chi connectivity index (χ0n) is 8.06. The van der Waals surface area contributed by atoms with Crippen LogP contribution in [-0.4, -0.2) is 21.6 Å². The summed E-state index contributed by atoms with van der Waals surface area (Å²) in [5, 5.41) is 0.946. The van der Waals surface area contributed by atoms with Crippen LogP contribution in [-0.2, 0) is 10.3 Å². The minimum Gasteiger partial charge on any atom is -0.373 e. The topological polar surface area (TPSA) is 61.0 Å². The van der Waals surface area contributed by atoms with E-state index in [4.69, 9.17) is 10.5 Å². The summed E-state index contributed by atoms with van der Waals surface area (Å²) in [5.74, 6) is 0.817. The van der Waals surface area contributed by atoms with E-state index in [0.29, 0.717) is 6.10 Å². The molecule has 1 aromatic rings. The van der Waals surface area contributed by atoms with Gasteiger partial charge in [0.2, 0.25) is 0 Å². The Bertz CT molecular complexity index is 367. The molecule has 1 aromatic heterocycles. The number of nitrogens with two attached hydrogens (primary N) is 1. The highest BCUT2D eigenvalue weighted by molar-refractivity contribution is 7.05. The molecule has 3 rings (SSSR count). The first-order chi connectivity index (χ1) is 6.68. The lowest BCUT2D eigenvalue weighted by Crippen LogP contribution is -2.45. The summed E-state index contributed by atoms with van der Waals surface area (Å²) < 4.78 is 9.95. The third-order valence-electron chi connectivity index (χ3n) is 3.17. The van der Waals surface area contributed by atoms with Gasteiger partial charge in [-0.2, -0.15) is 4.37 Å². The molecule has 5 heteroatoms. The monoisotopic (exact) mass is 211 g/mol. The molecule has 0 radical (unpaired) electrons. The highest BCUT2D eigenvalue weighted by atomic mass is 32.1. The maximum Gasteiger partial charge on any atom is 0.139 e. The Hall–Kier alpha value is -0.520. The average Bonchev–Trinajstić information content (AvgIpc) is 2.78. The maximum atomic E-state index is 6.36. The molecule has 0 amide bonds. The van der Waals surface area contributed by atoms with Crippen LogP contribution in [0.5, 0.6) is 0 Å². The zero-order valence-corrected chi connectivity index (χ0v) is 8.88. The highest BCUT2D eigenvalue weighted by Crippen LogP contribution is 2.46. The molecule has 2 aliphatic rings. The van der Waals surface area contributed by atoms with Gasteiger partial charge in [-0.05, 0) is 31.3 Å². The molecule has 3 unspecified atom stereocenters. The van der Waals surface area contributed by atoms with E-state index >= 15 is 0 Å². The Labute approximate surface area is 86.6 Å². The number of hydrogen-bond acceptors (Lipinski definition) is 5. The normalized spacial score (nSPS) is 40.7. The molecular weight excluding hydrogens is 198 g/mol. The maximum absolute atomic E-state index is 6.36. The number of ether oxygens (including phenoxy) is 1. The van der Waals surface area contributed by atoms with E-state index in [-0.39, 0.29) is 11.6 Å². The van der Waals surface area contributed by atoms with Gasteiger partial charge in [0.1, 0.15) is 10.8 Å². The van der Waals surface area contributed by atoms with Crippen molar-refractivity contribution >= 4 is 11.5 Å². The number of nitrogens with zero attached hydrogens (tertiary/aromatic N) is 2. The van der Waals surface area contributed by atoms with Gasteiger partial charge in [0.15, 0.2) is 0 Å². The number of hydrogen-bond donors (Lipinski definition) is 1. The third-order valence-corrected chi connectivity index (χ3v) is 4.17. The number of aromatic nitrogens is 2. The Morgan fingerprint density at radius 1 is 1.57 bits per heavy atom. The van der Waals surface area contributed by atoms with Crippen molar-refractivity contribution in [3.63, 3.8) is 0 Å². The quantitative estimate of drug-likeness (QED) is 0.751. The second-order valence-corrected chi connectivity index (χ2v) is 4.97. The number of fused-ring (bicyclic) bond motifs is 2. The number of aryl methyl sites for hydroxylation is 1. The van der Waals surface area contributed by atoms with Crippen LogP contribution in [0, 0.1) is 6.92 Å². The Morgan fingerprint density at radius 2 is 2.43 bits per heavy atom. The van der Waals surface area contributed by atoms with Gasteiger partial charge in [-0.1, -0.05) is 0 Å². The van der Waals surface area contributed by atoms with Gasteiger partial charge in [0.05, 0.1) is 17.7 Å². The van der Waals surface area contributed by atoms with Gasteiger partial charge in [0, 0.05) is 6.42 Å². The predicted molar refractivity (Wildman–Crippen MR) is 53.0 cm³/mol. The van der Waals surface area contributed by atoms with Gasteiger partial charge < -0.3 is 10.5 Å². The Kier molecular flexibility index (Phi) is 1.72. The molecule has 0 aliphatic carbocycles. The molecule has 0 aromatic carbocycles. The summed E-state index contributed by atoms with van der Waals surface area (Å²) in [6.45, 7) is 1.90. The summed E-state index contributed by atoms with van der Waals surface area (Å²) in [6.07, 6.45) is 3.65. The fourth-order valence-corrected chi connectivity index (χ4v) is 3.27. The van der Waals surface area contributed by atoms with Crippen molar-refractivity contribution in [2.24, 2.45) is 5.73 Å². The van der Waals surface area contributed by atoms with Crippen LogP contribution in [0.1, 0.15) is 30.1 Å². The molecule has 4 nitrogen and oxygen atoms in total. The van der Waals surface area contributed by atoms with Gasteiger partial charge in [-0.15, -0.1) is 0 Å². The fraction of sp³-hybridized carbons (Fsp3) is 0.778. The molecule has 2 fully saturated rings. The summed E-state index contributed by atoms with van der Waals surface area (Å²) in [7, 11) is 0. The van der Waals surface area contributed by atoms with Crippen LogP contribution in [0.3, 0.4) is 0 Å². The first-order valence-electron chi connectivity index (χ1n) is 4.93. The van der Waals surface area contributed by atoms with Gasteiger partial charge >= 0.3 is 0 Å².